The van der Waals surface area contributed by atoms with Crippen molar-refractivity contribution >= 4 is 14.5 Å². The average molecular weight is 644 g/mol. The van der Waals surface area contributed by atoms with Crippen molar-refractivity contribution in [1.29, 1.82) is 0 Å². The molecule has 1 aromatic rings. The van der Waals surface area contributed by atoms with Crippen LogP contribution in [-0.2, 0) is 6.16 Å². The number of hydrogen-bond acceptors (Lipinski definition) is 0. The van der Waals surface area contributed by atoms with Gasteiger partial charge in [-0.25, -0.2) is 0 Å². The van der Waals surface area contributed by atoms with Gasteiger partial charge >= 0.3 is 0 Å². The van der Waals surface area contributed by atoms with Gasteiger partial charge in [-0.2, -0.15) is 0 Å². The standard InChI is InChI=1S/C25H46P.C12H20P.2ClH/c1-4-5-6-7-8-9-10-11-12-13-14-15-16-20-23-26(2,3)24-25-21-18-17-19-22-25;1-5-9-13(10-6-2,11-7-3)12-8-4;;/h17-19,21-22H,4-16,20,23-24H2,1-3H3;5-8H,1-4,9-12H2;2*1H/q2*+1;;/p-2. The van der Waals surface area contributed by atoms with Crippen molar-refractivity contribution in [3.8, 4) is 0 Å². The van der Waals surface area contributed by atoms with Crippen molar-refractivity contribution in [1.82, 2.24) is 0 Å². The lowest BCUT2D eigenvalue weighted by Crippen LogP contribution is -3.00. The fourth-order valence-corrected chi connectivity index (χ4v) is 11.0. The quantitative estimate of drug-likeness (QED) is 0.0632. The summed E-state index contributed by atoms with van der Waals surface area (Å²) >= 11 is 0. The van der Waals surface area contributed by atoms with Crippen LogP contribution in [0, 0.1) is 0 Å². The molecule has 0 aromatic heterocycles. The summed E-state index contributed by atoms with van der Waals surface area (Å²) < 4.78 is 0. The highest BCUT2D eigenvalue weighted by atomic mass is 35.5. The van der Waals surface area contributed by atoms with E-state index in [1.54, 1.807) is 0 Å². The Morgan fingerprint density at radius 2 is 0.878 bits per heavy atom. The Hall–Kier alpha value is -0.380. The second-order valence-electron chi connectivity index (χ2n) is 12.1. The minimum atomic E-state index is -0.968. The lowest BCUT2D eigenvalue weighted by molar-refractivity contribution is -0.00100. The van der Waals surface area contributed by atoms with E-state index < -0.39 is 14.5 Å². The first-order chi connectivity index (χ1) is 18.9. The van der Waals surface area contributed by atoms with E-state index in [0.717, 1.165) is 24.6 Å². The largest absolute Gasteiger partial charge is 1.00 e. The Balaban J connectivity index is -0.000000822. The number of allylic oxidation sites excluding steroid dienone is 4. The first kappa shape index (κ1) is 45.1. The minimum absolute atomic E-state index is 0. The summed E-state index contributed by atoms with van der Waals surface area (Å²) in [5, 5.41) is 0. The third kappa shape index (κ3) is 26.9. The number of halogens is 2. The lowest BCUT2D eigenvalue weighted by Gasteiger charge is -2.22. The van der Waals surface area contributed by atoms with E-state index in [9.17, 15) is 0 Å². The van der Waals surface area contributed by atoms with Gasteiger partial charge in [-0.05, 0) is 18.4 Å². The van der Waals surface area contributed by atoms with Crippen LogP contribution in [-0.4, -0.2) is 44.1 Å². The average Bonchev–Trinajstić information content (AvgIpc) is 2.90. The maximum atomic E-state index is 3.82. The maximum absolute atomic E-state index is 3.82. The number of unbranched alkanes of at least 4 members (excludes halogenated alkanes) is 13. The van der Waals surface area contributed by atoms with Crippen LogP contribution in [0.2, 0.25) is 0 Å². The van der Waals surface area contributed by atoms with Crippen molar-refractivity contribution in [2.75, 3.05) is 44.1 Å². The molecule has 0 aliphatic rings. The van der Waals surface area contributed by atoms with Crippen molar-refractivity contribution in [2.24, 2.45) is 0 Å². The van der Waals surface area contributed by atoms with E-state index in [-0.39, 0.29) is 24.8 Å². The third-order valence-electron chi connectivity index (χ3n) is 7.64. The summed E-state index contributed by atoms with van der Waals surface area (Å²) in [6.45, 7) is 22.7. The molecule has 0 N–H and O–H groups in total. The fraction of sp³-hybridized carbons (Fsp3) is 0.622. The maximum Gasteiger partial charge on any atom is 0.0837 e. The molecule has 0 bridgehead atoms. The van der Waals surface area contributed by atoms with E-state index in [1.165, 1.54) is 108 Å². The summed E-state index contributed by atoms with van der Waals surface area (Å²) in [5.41, 5.74) is 1.54. The summed E-state index contributed by atoms with van der Waals surface area (Å²) in [7, 11) is -1.72. The molecule has 0 aliphatic heterocycles. The molecule has 0 saturated heterocycles. The molecule has 0 unspecified atom stereocenters. The molecule has 1 aromatic carbocycles. The van der Waals surface area contributed by atoms with Gasteiger partial charge < -0.3 is 24.8 Å². The molecule has 0 atom stereocenters. The van der Waals surface area contributed by atoms with Crippen LogP contribution in [0.25, 0.3) is 0 Å². The molecule has 0 nitrogen and oxygen atoms in total. The van der Waals surface area contributed by atoms with Gasteiger partial charge in [0.05, 0.1) is 37.0 Å². The van der Waals surface area contributed by atoms with Crippen molar-refractivity contribution in [3.63, 3.8) is 0 Å². The molecule has 0 spiro atoms. The van der Waals surface area contributed by atoms with Crippen LogP contribution >= 0.6 is 14.5 Å². The first-order valence-corrected chi connectivity index (χ1v) is 21.6. The molecule has 0 radical (unpaired) electrons. The summed E-state index contributed by atoms with van der Waals surface area (Å²) in [6, 6.07) is 11.1. The van der Waals surface area contributed by atoms with Gasteiger partial charge in [0.1, 0.15) is 0 Å². The van der Waals surface area contributed by atoms with E-state index >= 15 is 0 Å². The number of benzene rings is 1. The lowest BCUT2D eigenvalue weighted by atomic mass is 10.0. The van der Waals surface area contributed by atoms with Gasteiger partial charge in [0, 0.05) is 27.9 Å². The Labute approximate surface area is 271 Å². The number of rotatable bonds is 25. The van der Waals surface area contributed by atoms with Crippen LogP contribution in [0.1, 0.15) is 102 Å². The molecule has 1 rings (SSSR count). The molecular weight excluding hydrogens is 577 g/mol. The smallest absolute Gasteiger partial charge is 0.0837 e. The van der Waals surface area contributed by atoms with Gasteiger partial charge in [-0.15, -0.1) is 0 Å². The van der Waals surface area contributed by atoms with Gasteiger partial charge in [-0.1, -0.05) is 165 Å². The zero-order valence-corrected chi connectivity index (χ0v) is 30.6. The first-order valence-electron chi connectivity index (χ1n) is 16.0. The van der Waals surface area contributed by atoms with Crippen molar-refractivity contribution < 1.29 is 24.8 Å². The fourth-order valence-electron chi connectivity index (χ4n) is 5.43. The van der Waals surface area contributed by atoms with E-state index in [2.05, 4.69) is 76.9 Å². The summed E-state index contributed by atoms with van der Waals surface area (Å²) in [4.78, 5) is 0. The second-order valence-corrected chi connectivity index (χ2v) is 20.9. The molecule has 238 valence electrons. The third-order valence-corrected chi connectivity index (χ3v) is 14.5. The van der Waals surface area contributed by atoms with Crippen molar-refractivity contribution in [3.05, 3.63) is 86.5 Å². The van der Waals surface area contributed by atoms with Crippen LogP contribution in [0.15, 0.2) is 81.0 Å². The zero-order valence-electron chi connectivity index (χ0n) is 27.3. The highest BCUT2D eigenvalue weighted by Gasteiger charge is 2.31. The molecule has 0 aliphatic carbocycles. The molecule has 4 heteroatoms. The predicted molar refractivity (Wildman–Crippen MR) is 191 cm³/mol. The summed E-state index contributed by atoms with van der Waals surface area (Å²) in [6.07, 6.45) is 35.7. The molecule has 0 amide bonds. The normalized spacial score (nSPS) is 10.8. The molecule has 41 heavy (non-hydrogen) atoms. The van der Waals surface area contributed by atoms with Crippen LogP contribution in [0.4, 0.5) is 0 Å². The molecule has 0 fully saturated rings. The zero-order chi connectivity index (χ0) is 29.1. The van der Waals surface area contributed by atoms with Gasteiger partial charge in [0.2, 0.25) is 0 Å². The van der Waals surface area contributed by atoms with Gasteiger partial charge in [-0.3, -0.25) is 0 Å². The molecular formula is C37H66Cl2P2. The van der Waals surface area contributed by atoms with Crippen LogP contribution < -0.4 is 24.8 Å². The Morgan fingerprint density at radius 1 is 0.537 bits per heavy atom. The van der Waals surface area contributed by atoms with E-state index in [4.69, 9.17) is 0 Å². The predicted octanol–water partition coefficient (Wildman–Crippen LogP) is 6.70. The summed E-state index contributed by atoms with van der Waals surface area (Å²) in [5.74, 6) is 0. The monoisotopic (exact) mass is 642 g/mol. The SMILES string of the molecule is C=CC[P+](CC=C)(CC=C)CC=C.CCCCCCCCCCCCCCCC[P+](C)(C)Cc1ccccc1.[Cl-].[Cl-]. The van der Waals surface area contributed by atoms with Gasteiger partial charge in [0.25, 0.3) is 0 Å². The molecule has 0 heterocycles. The second kappa shape index (κ2) is 31.1. The van der Waals surface area contributed by atoms with Crippen molar-refractivity contribution in [2.45, 2.75) is 103 Å². The minimum Gasteiger partial charge on any atom is -1.00 e. The van der Waals surface area contributed by atoms with Crippen LogP contribution in [0.3, 0.4) is 0 Å². The van der Waals surface area contributed by atoms with Crippen LogP contribution in [0.5, 0.6) is 0 Å². The Morgan fingerprint density at radius 3 is 1.22 bits per heavy atom. The van der Waals surface area contributed by atoms with E-state index in [0.29, 0.717) is 0 Å². The molecule has 0 saturated carbocycles. The van der Waals surface area contributed by atoms with Gasteiger partial charge in [0.15, 0.2) is 0 Å². The Bertz CT molecular complexity index is 684. The Kier molecular flexibility index (Phi) is 34.1. The number of hydrogen-bond donors (Lipinski definition) is 0. The van der Waals surface area contributed by atoms with E-state index in [1.807, 2.05) is 24.3 Å². The topological polar surface area (TPSA) is 0 Å². The highest BCUT2D eigenvalue weighted by molar-refractivity contribution is 7.76. The highest BCUT2D eigenvalue weighted by Crippen LogP contribution is 2.58.